The van der Waals surface area contributed by atoms with Crippen LogP contribution in [0.5, 0.6) is 0 Å². The molecule has 4 heteroatoms. The average Bonchev–Trinajstić information content (AvgIpc) is 2.59. The van der Waals surface area contributed by atoms with Crippen LogP contribution in [0.25, 0.3) is 0 Å². The maximum absolute atomic E-state index is 4.27. The van der Waals surface area contributed by atoms with E-state index in [1.807, 2.05) is 13.0 Å². The van der Waals surface area contributed by atoms with Crippen LogP contribution in [0.1, 0.15) is 31.2 Å². The van der Waals surface area contributed by atoms with Crippen LogP contribution in [0.15, 0.2) is 23.6 Å². The van der Waals surface area contributed by atoms with Gasteiger partial charge in [-0.15, -0.1) is 12.6 Å². The third-order valence-corrected chi connectivity index (χ3v) is 2.13. The first-order valence-electron chi connectivity index (χ1n) is 4.67. The fourth-order valence-corrected chi connectivity index (χ4v) is 1.30. The summed E-state index contributed by atoms with van der Waals surface area (Å²) in [6.45, 7) is 4.08. The smallest absolute Gasteiger partial charge is 0.120 e. The van der Waals surface area contributed by atoms with Gasteiger partial charge < -0.3 is 4.98 Å². The lowest BCUT2D eigenvalue weighted by Crippen LogP contribution is -1.93. The van der Waals surface area contributed by atoms with E-state index in [2.05, 4.69) is 34.5 Å². The van der Waals surface area contributed by atoms with Gasteiger partial charge in [-0.05, 0) is 13.3 Å². The van der Waals surface area contributed by atoms with Crippen LogP contribution in [-0.4, -0.2) is 15.0 Å². The van der Waals surface area contributed by atoms with E-state index in [1.54, 1.807) is 12.5 Å². The second-order valence-corrected chi connectivity index (χ2v) is 3.43. The number of thiol groups is 1. The summed E-state index contributed by atoms with van der Waals surface area (Å²) in [4.78, 5) is 11.3. The molecule has 0 aliphatic carbocycles. The number of rotatable bonds is 4. The third-order valence-electron chi connectivity index (χ3n) is 1.80. The molecule has 0 atom stereocenters. The SMILES string of the molecule is CCC/C=C/N=C(/S)c1nc[nH]c1C. The van der Waals surface area contributed by atoms with E-state index >= 15 is 0 Å². The van der Waals surface area contributed by atoms with Gasteiger partial charge in [0.25, 0.3) is 0 Å². The van der Waals surface area contributed by atoms with Crippen LogP contribution >= 0.6 is 12.6 Å². The average molecular weight is 209 g/mol. The molecule has 1 aromatic rings. The molecule has 3 nitrogen and oxygen atoms in total. The Morgan fingerprint density at radius 1 is 1.71 bits per heavy atom. The summed E-state index contributed by atoms with van der Waals surface area (Å²) in [7, 11) is 0. The van der Waals surface area contributed by atoms with Gasteiger partial charge >= 0.3 is 0 Å². The normalized spacial score (nSPS) is 12.6. The Kier molecular flexibility index (Phi) is 4.46. The molecular weight excluding hydrogens is 194 g/mol. The molecule has 0 spiro atoms. The van der Waals surface area contributed by atoms with Gasteiger partial charge in [0.1, 0.15) is 10.7 Å². The minimum atomic E-state index is 0.649. The first-order valence-corrected chi connectivity index (χ1v) is 5.12. The van der Waals surface area contributed by atoms with Gasteiger partial charge in [-0.25, -0.2) is 9.98 Å². The van der Waals surface area contributed by atoms with Crippen molar-refractivity contribution in [3.05, 3.63) is 30.0 Å². The van der Waals surface area contributed by atoms with E-state index in [4.69, 9.17) is 0 Å². The number of nitrogens with zero attached hydrogens (tertiary/aromatic N) is 2. The topological polar surface area (TPSA) is 41.0 Å². The number of imidazole rings is 1. The quantitative estimate of drug-likeness (QED) is 0.447. The molecule has 0 aliphatic rings. The fourth-order valence-electron chi connectivity index (χ4n) is 1.01. The molecule has 1 rings (SSSR count). The summed E-state index contributed by atoms with van der Waals surface area (Å²) in [6, 6.07) is 0. The van der Waals surface area contributed by atoms with Crippen molar-refractivity contribution >= 4 is 17.7 Å². The highest BCUT2D eigenvalue weighted by molar-refractivity contribution is 7.97. The summed E-state index contributed by atoms with van der Waals surface area (Å²) in [5, 5.41) is 0.649. The van der Waals surface area contributed by atoms with Crippen LogP contribution in [-0.2, 0) is 0 Å². The number of aromatic nitrogens is 2. The van der Waals surface area contributed by atoms with Crippen molar-refractivity contribution in [1.29, 1.82) is 0 Å². The molecule has 1 heterocycles. The van der Waals surface area contributed by atoms with Crippen molar-refractivity contribution in [2.24, 2.45) is 4.99 Å². The molecule has 1 aromatic heterocycles. The number of aryl methyl sites for hydroxylation is 1. The minimum Gasteiger partial charge on any atom is -0.348 e. The molecule has 0 fully saturated rings. The van der Waals surface area contributed by atoms with Crippen molar-refractivity contribution in [1.82, 2.24) is 9.97 Å². The lowest BCUT2D eigenvalue weighted by Gasteiger charge is -1.93. The highest BCUT2D eigenvalue weighted by Crippen LogP contribution is 2.06. The first kappa shape index (κ1) is 11.0. The molecule has 0 saturated carbocycles. The molecule has 14 heavy (non-hydrogen) atoms. The molecule has 0 amide bonds. The van der Waals surface area contributed by atoms with Crippen LogP contribution in [0.4, 0.5) is 0 Å². The molecule has 0 saturated heterocycles. The molecule has 0 aromatic carbocycles. The number of allylic oxidation sites excluding steroid dienone is 1. The highest BCUT2D eigenvalue weighted by Gasteiger charge is 2.03. The van der Waals surface area contributed by atoms with Crippen LogP contribution < -0.4 is 0 Å². The second kappa shape index (κ2) is 5.65. The van der Waals surface area contributed by atoms with E-state index < -0.39 is 0 Å². The summed E-state index contributed by atoms with van der Waals surface area (Å²) in [6.07, 6.45) is 7.63. The van der Waals surface area contributed by atoms with Crippen LogP contribution in [0, 0.1) is 6.92 Å². The zero-order chi connectivity index (χ0) is 10.4. The van der Waals surface area contributed by atoms with Gasteiger partial charge in [0.05, 0.1) is 6.33 Å². The largest absolute Gasteiger partial charge is 0.348 e. The van der Waals surface area contributed by atoms with E-state index in [1.165, 1.54) is 0 Å². The number of unbranched alkanes of at least 4 members (excludes halogenated alkanes) is 1. The Morgan fingerprint density at radius 2 is 2.50 bits per heavy atom. The number of H-pyrrole nitrogens is 1. The summed E-state index contributed by atoms with van der Waals surface area (Å²) < 4.78 is 0. The second-order valence-electron chi connectivity index (χ2n) is 3.00. The Balaban J connectivity index is 2.65. The summed E-state index contributed by atoms with van der Waals surface area (Å²) >= 11 is 4.27. The van der Waals surface area contributed by atoms with Crippen molar-refractivity contribution in [3.8, 4) is 0 Å². The monoisotopic (exact) mass is 209 g/mol. The van der Waals surface area contributed by atoms with Gasteiger partial charge in [0.2, 0.25) is 0 Å². The number of nitrogens with one attached hydrogen (secondary N) is 1. The number of hydrogen-bond donors (Lipinski definition) is 2. The predicted molar refractivity (Wildman–Crippen MR) is 62.9 cm³/mol. The Hall–Kier alpha value is -1.03. The van der Waals surface area contributed by atoms with E-state index in [0.29, 0.717) is 5.04 Å². The predicted octanol–water partition coefficient (Wildman–Crippen LogP) is 2.71. The van der Waals surface area contributed by atoms with Crippen molar-refractivity contribution in [2.45, 2.75) is 26.7 Å². The maximum Gasteiger partial charge on any atom is 0.120 e. The lowest BCUT2D eigenvalue weighted by atomic mass is 10.3. The van der Waals surface area contributed by atoms with E-state index in [-0.39, 0.29) is 0 Å². The van der Waals surface area contributed by atoms with Crippen molar-refractivity contribution in [2.75, 3.05) is 0 Å². The maximum atomic E-state index is 4.27. The van der Waals surface area contributed by atoms with Crippen molar-refractivity contribution < 1.29 is 0 Å². The van der Waals surface area contributed by atoms with Gasteiger partial charge in [0.15, 0.2) is 0 Å². The van der Waals surface area contributed by atoms with Crippen molar-refractivity contribution in [3.63, 3.8) is 0 Å². The van der Waals surface area contributed by atoms with Crippen LogP contribution in [0.2, 0.25) is 0 Å². The molecule has 0 bridgehead atoms. The molecule has 1 N–H and O–H groups in total. The third kappa shape index (κ3) is 3.03. The molecule has 0 unspecified atom stereocenters. The zero-order valence-electron chi connectivity index (χ0n) is 8.49. The van der Waals surface area contributed by atoms with E-state index in [0.717, 1.165) is 24.2 Å². The molecule has 76 valence electrons. The Bertz CT molecular complexity index is 339. The summed E-state index contributed by atoms with van der Waals surface area (Å²) in [5.41, 5.74) is 1.80. The van der Waals surface area contributed by atoms with Gasteiger partial charge in [-0.1, -0.05) is 19.4 Å². The van der Waals surface area contributed by atoms with Gasteiger partial charge in [-0.2, -0.15) is 0 Å². The Labute approximate surface area is 89.8 Å². The zero-order valence-corrected chi connectivity index (χ0v) is 9.38. The number of aliphatic imine (C=N–C) groups is 1. The van der Waals surface area contributed by atoms with E-state index in [9.17, 15) is 0 Å². The highest BCUT2D eigenvalue weighted by atomic mass is 32.1. The number of hydrogen-bond acceptors (Lipinski definition) is 2. The lowest BCUT2D eigenvalue weighted by molar-refractivity contribution is 0.956. The molecular formula is C10H15N3S. The van der Waals surface area contributed by atoms with Gasteiger partial charge in [-0.3, -0.25) is 0 Å². The standard InChI is InChI=1S/C10H15N3S/c1-3-4-5-6-11-10(14)9-8(2)12-7-13-9/h5-7H,3-4H2,1-2H3,(H,11,14)(H,12,13)/b6-5+. The Morgan fingerprint density at radius 3 is 3.07 bits per heavy atom. The van der Waals surface area contributed by atoms with Crippen LogP contribution in [0.3, 0.4) is 0 Å². The summed E-state index contributed by atoms with van der Waals surface area (Å²) in [5.74, 6) is 0. The molecule has 0 aliphatic heterocycles. The molecule has 0 radical (unpaired) electrons. The minimum absolute atomic E-state index is 0.649. The van der Waals surface area contributed by atoms with Gasteiger partial charge in [0, 0.05) is 11.9 Å². The fraction of sp³-hybridized carbons (Fsp3) is 0.400. The number of aromatic amines is 1. The first-order chi connectivity index (χ1) is 6.75.